The number of aromatic nitrogens is 2. The molecule has 0 atom stereocenters. The summed E-state index contributed by atoms with van der Waals surface area (Å²) < 4.78 is 30.9. The second-order valence-corrected chi connectivity index (χ2v) is 9.52. The van der Waals surface area contributed by atoms with Crippen molar-refractivity contribution < 1.29 is 13.2 Å². The third-order valence-corrected chi connectivity index (χ3v) is 6.96. The van der Waals surface area contributed by atoms with Crippen molar-refractivity contribution in [2.45, 2.75) is 18.7 Å². The van der Waals surface area contributed by atoms with Crippen LogP contribution < -0.4 is 15.6 Å². The number of para-hydroxylation sites is 1. The van der Waals surface area contributed by atoms with Crippen LogP contribution in [0.5, 0.6) is 0 Å². The minimum absolute atomic E-state index is 0.144. The predicted octanol–water partition coefficient (Wildman–Crippen LogP) is 3.85. The summed E-state index contributed by atoms with van der Waals surface area (Å²) in [5, 5.41) is 2.71. The molecule has 0 radical (unpaired) electrons. The molecule has 1 amide bonds. The Bertz CT molecular complexity index is 1520. The van der Waals surface area contributed by atoms with Crippen LogP contribution in [0.3, 0.4) is 0 Å². The molecular weight excluding hydrogens is 452 g/mol. The van der Waals surface area contributed by atoms with E-state index in [1.807, 2.05) is 30.3 Å². The zero-order valence-corrected chi connectivity index (χ0v) is 19.8. The number of aryl methyl sites for hydroxylation is 1. The van der Waals surface area contributed by atoms with Crippen molar-refractivity contribution in [3.63, 3.8) is 0 Å². The van der Waals surface area contributed by atoms with Gasteiger partial charge < -0.3 is 5.32 Å². The molecule has 0 aliphatic carbocycles. The number of anilines is 2. The van der Waals surface area contributed by atoms with Gasteiger partial charge in [0.1, 0.15) is 5.69 Å². The molecule has 174 valence electrons. The minimum atomic E-state index is -3.75. The lowest BCUT2D eigenvalue weighted by atomic mass is 10.1. The Kier molecular flexibility index (Phi) is 6.12. The fourth-order valence-electron chi connectivity index (χ4n) is 3.62. The van der Waals surface area contributed by atoms with E-state index in [1.54, 1.807) is 49.8 Å². The van der Waals surface area contributed by atoms with E-state index in [4.69, 9.17) is 0 Å². The molecule has 0 bridgehead atoms. The van der Waals surface area contributed by atoms with Gasteiger partial charge in [-0.1, -0.05) is 36.4 Å². The number of rotatable bonds is 6. The summed E-state index contributed by atoms with van der Waals surface area (Å²) in [6, 6.07) is 21.8. The van der Waals surface area contributed by atoms with E-state index in [0.717, 1.165) is 0 Å². The maximum absolute atomic E-state index is 13.0. The number of nitrogens with one attached hydrogen (secondary N) is 2. The highest BCUT2D eigenvalue weighted by Crippen LogP contribution is 2.22. The van der Waals surface area contributed by atoms with Gasteiger partial charge in [-0.15, -0.1) is 0 Å². The smallest absolute Gasteiger partial charge is 0.295 e. The van der Waals surface area contributed by atoms with Crippen molar-refractivity contribution in [3.8, 4) is 5.69 Å². The summed E-state index contributed by atoms with van der Waals surface area (Å²) in [6.45, 7) is 3.46. The van der Waals surface area contributed by atoms with Crippen molar-refractivity contribution in [1.29, 1.82) is 0 Å². The molecule has 0 aliphatic rings. The highest BCUT2D eigenvalue weighted by atomic mass is 32.2. The standard InChI is InChI=1S/C25H24N4O4S/c1-17-16-19(14-15-22(17)27-34(32,33)21-12-8-5-9-13-21)24(30)26-23-18(2)28(3)29(25(23)31)20-10-6-4-7-11-20/h4-16,27H,1-3H3,(H,26,30). The molecule has 4 aromatic rings. The Morgan fingerprint density at radius 1 is 0.882 bits per heavy atom. The average molecular weight is 477 g/mol. The van der Waals surface area contributed by atoms with E-state index in [0.29, 0.717) is 28.2 Å². The monoisotopic (exact) mass is 476 g/mol. The molecule has 8 nitrogen and oxygen atoms in total. The lowest BCUT2D eigenvalue weighted by Crippen LogP contribution is -2.23. The van der Waals surface area contributed by atoms with Crippen LogP contribution in [0.25, 0.3) is 5.69 Å². The highest BCUT2D eigenvalue weighted by Gasteiger charge is 2.20. The predicted molar refractivity (Wildman–Crippen MR) is 132 cm³/mol. The van der Waals surface area contributed by atoms with Gasteiger partial charge >= 0.3 is 0 Å². The van der Waals surface area contributed by atoms with E-state index in [-0.39, 0.29) is 16.1 Å². The Morgan fingerprint density at radius 2 is 1.50 bits per heavy atom. The van der Waals surface area contributed by atoms with Gasteiger partial charge in [0.2, 0.25) is 0 Å². The Balaban J connectivity index is 1.58. The molecule has 0 saturated heterocycles. The normalized spacial score (nSPS) is 11.3. The maximum Gasteiger partial charge on any atom is 0.295 e. The van der Waals surface area contributed by atoms with Crippen LogP contribution in [0.4, 0.5) is 11.4 Å². The zero-order chi connectivity index (χ0) is 24.5. The Labute approximate surface area is 197 Å². The molecule has 0 aliphatic heterocycles. The summed E-state index contributed by atoms with van der Waals surface area (Å²) in [5.74, 6) is -0.466. The molecule has 1 aromatic heterocycles. The zero-order valence-electron chi connectivity index (χ0n) is 18.9. The van der Waals surface area contributed by atoms with Gasteiger partial charge in [0, 0.05) is 12.6 Å². The summed E-state index contributed by atoms with van der Waals surface area (Å²) >= 11 is 0. The quantitative estimate of drug-likeness (QED) is 0.441. The summed E-state index contributed by atoms with van der Waals surface area (Å²) in [4.78, 5) is 26.1. The van der Waals surface area contributed by atoms with Crippen LogP contribution >= 0.6 is 0 Å². The van der Waals surface area contributed by atoms with Crippen molar-refractivity contribution in [1.82, 2.24) is 9.36 Å². The van der Waals surface area contributed by atoms with E-state index < -0.39 is 15.9 Å². The fourth-order valence-corrected chi connectivity index (χ4v) is 4.77. The topological polar surface area (TPSA) is 102 Å². The van der Waals surface area contributed by atoms with Gasteiger partial charge in [-0.3, -0.25) is 19.0 Å². The Morgan fingerprint density at radius 3 is 2.12 bits per heavy atom. The first-order chi connectivity index (χ1) is 16.2. The molecule has 34 heavy (non-hydrogen) atoms. The summed E-state index contributed by atoms with van der Waals surface area (Å²) in [5.41, 5.74) is 2.36. The number of nitrogens with zero attached hydrogens (tertiary/aromatic N) is 2. The first-order valence-corrected chi connectivity index (χ1v) is 12.0. The molecular formula is C25H24N4O4S. The highest BCUT2D eigenvalue weighted by molar-refractivity contribution is 7.92. The van der Waals surface area contributed by atoms with Gasteiger partial charge in [-0.05, 0) is 61.9 Å². The molecule has 9 heteroatoms. The molecule has 0 fully saturated rings. The third-order valence-electron chi connectivity index (χ3n) is 5.58. The van der Waals surface area contributed by atoms with Crippen LogP contribution in [-0.4, -0.2) is 23.7 Å². The van der Waals surface area contributed by atoms with Crippen LogP contribution in [0.1, 0.15) is 21.6 Å². The number of hydrogen-bond donors (Lipinski definition) is 2. The second kappa shape index (κ2) is 9.03. The first kappa shape index (κ1) is 23.1. The van der Waals surface area contributed by atoms with Gasteiger partial charge in [-0.2, -0.15) is 0 Å². The van der Waals surface area contributed by atoms with Crippen LogP contribution in [0, 0.1) is 13.8 Å². The van der Waals surface area contributed by atoms with Crippen LogP contribution in [0.2, 0.25) is 0 Å². The fraction of sp³-hybridized carbons (Fsp3) is 0.120. The first-order valence-electron chi connectivity index (χ1n) is 10.5. The van der Waals surface area contributed by atoms with Crippen molar-refractivity contribution in [3.05, 3.63) is 106 Å². The number of amides is 1. The molecule has 2 N–H and O–H groups in total. The van der Waals surface area contributed by atoms with Crippen LogP contribution in [-0.2, 0) is 17.1 Å². The van der Waals surface area contributed by atoms with E-state index in [1.165, 1.54) is 28.9 Å². The van der Waals surface area contributed by atoms with E-state index >= 15 is 0 Å². The van der Waals surface area contributed by atoms with Gasteiger partial charge in [0.25, 0.3) is 21.5 Å². The minimum Gasteiger partial charge on any atom is -0.316 e. The largest absolute Gasteiger partial charge is 0.316 e. The maximum atomic E-state index is 13.0. The third kappa shape index (κ3) is 4.38. The van der Waals surface area contributed by atoms with Gasteiger partial charge in [0.05, 0.1) is 22.0 Å². The number of hydrogen-bond acceptors (Lipinski definition) is 4. The molecule has 1 heterocycles. The summed E-state index contributed by atoms with van der Waals surface area (Å²) in [7, 11) is -2.01. The number of sulfonamides is 1. The summed E-state index contributed by atoms with van der Waals surface area (Å²) in [6.07, 6.45) is 0. The molecule has 0 saturated carbocycles. The van der Waals surface area contributed by atoms with Gasteiger partial charge in [-0.25, -0.2) is 13.1 Å². The number of carbonyl (C=O) groups excluding carboxylic acids is 1. The molecule has 4 rings (SSSR count). The second-order valence-electron chi connectivity index (χ2n) is 7.84. The van der Waals surface area contributed by atoms with Crippen molar-refractivity contribution >= 4 is 27.3 Å². The lowest BCUT2D eigenvalue weighted by Gasteiger charge is -2.12. The van der Waals surface area contributed by atoms with Crippen LogP contribution in [0.15, 0.2) is 88.6 Å². The van der Waals surface area contributed by atoms with E-state index in [2.05, 4.69) is 10.0 Å². The molecule has 0 unspecified atom stereocenters. The number of benzene rings is 3. The molecule has 0 spiro atoms. The van der Waals surface area contributed by atoms with Crippen molar-refractivity contribution in [2.24, 2.45) is 7.05 Å². The Hall–Kier alpha value is -4.11. The lowest BCUT2D eigenvalue weighted by molar-refractivity contribution is 0.102. The molecule has 3 aromatic carbocycles. The number of carbonyl (C=O) groups is 1. The SMILES string of the molecule is Cc1cc(C(=O)Nc2c(C)n(C)n(-c3ccccc3)c2=O)ccc1NS(=O)(=O)c1ccccc1. The van der Waals surface area contributed by atoms with Gasteiger partial charge in [0.15, 0.2) is 0 Å². The average Bonchev–Trinajstić information content (AvgIpc) is 3.04. The van der Waals surface area contributed by atoms with Crippen molar-refractivity contribution in [2.75, 3.05) is 10.0 Å². The van der Waals surface area contributed by atoms with E-state index in [9.17, 15) is 18.0 Å².